The Morgan fingerprint density at radius 1 is 1.26 bits per heavy atom. The van der Waals surface area contributed by atoms with E-state index < -0.39 is 6.10 Å². The lowest BCUT2D eigenvalue weighted by molar-refractivity contribution is -0.139. The van der Waals surface area contributed by atoms with Crippen LogP contribution in [0.3, 0.4) is 0 Å². The molecule has 19 heavy (non-hydrogen) atoms. The van der Waals surface area contributed by atoms with E-state index in [4.69, 9.17) is 5.73 Å². The highest BCUT2D eigenvalue weighted by molar-refractivity contribution is 5.81. The summed E-state index contributed by atoms with van der Waals surface area (Å²) in [6.45, 7) is 2.33. The van der Waals surface area contributed by atoms with Crippen LogP contribution in [-0.4, -0.2) is 54.7 Å². The first-order valence-corrected chi connectivity index (χ1v) is 6.29. The lowest BCUT2D eigenvalue weighted by atomic mass is 10.2. The number of piperazine rings is 1. The number of carbonyl (C=O) groups excluding carboxylic acids is 1. The zero-order valence-corrected chi connectivity index (χ0v) is 10.6. The molecule has 1 aromatic carbocycles. The van der Waals surface area contributed by atoms with Crippen LogP contribution in [0.15, 0.2) is 24.3 Å². The van der Waals surface area contributed by atoms with Gasteiger partial charge >= 0.3 is 0 Å². The van der Waals surface area contributed by atoms with Gasteiger partial charge in [0.05, 0.1) is 0 Å². The number of carbonyl (C=O) groups is 1. The van der Waals surface area contributed by atoms with Crippen LogP contribution in [0.25, 0.3) is 0 Å². The van der Waals surface area contributed by atoms with Crippen molar-refractivity contribution in [2.45, 2.75) is 6.10 Å². The van der Waals surface area contributed by atoms with Crippen molar-refractivity contribution < 1.29 is 14.3 Å². The van der Waals surface area contributed by atoms with Gasteiger partial charge in [0.2, 0.25) is 0 Å². The first-order chi connectivity index (χ1) is 9.11. The minimum absolute atomic E-state index is 0.0585. The highest BCUT2D eigenvalue weighted by atomic mass is 19.1. The number of benzene rings is 1. The van der Waals surface area contributed by atoms with Gasteiger partial charge in [-0.3, -0.25) is 4.79 Å². The topological polar surface area (TPSA) is 69.8 Å². The van der Waals surface area contributed by atoms with E-state index in [1.165, 1.54) is 12.1 Å². The summed E-state index contributed by atoms with van der Waals surface area (Å²) >= 11 is 0. The zero-order valence-electron chi connectivity index (χ0n) is 10.6. The molecule has 0 bridgehead atoms. The predicted octanol–water partition coefficient (Wildman–Crippen LogP) is -0.206. The van der Waals surface area contributed by atoms with Crippen LogP contribution in [0.4, 0.5) is 10.1 Å². The fourth-order valence-electron chi connectivity index (χ4n) is 2.15. The van der Waals surface area contributed by atoms with Crippen molar-refractivity contribution in [2.24, 2.45) is 5.73 Å². The normalized spacial score (nSPS) is 17.4. The Labute approximate surface area is 111 Å². The molecule has 1 unspecified atom stereocenters. The number of aliphatic hydroxyl groups is 1. The molecule has 104 valence electrons. The molecule has 1 aliphatic rings. The summed E-state index contributed by atoms with van der Waals surface area (Å²) in [5, 5.41) is 9.42. The third-order valence-electron chi connectivity index (χ3n) is 3.29. The van der Waals surface area contributed by atoms with E-state index in [9.17, 15) is 14.3 Å². The Bertz CT molecular complexity index is 430. The summed E-state index contributed by atoms with van der Waals surface area (Å²) in [6, 6.07) is 6.29. The Kier molecular flexibility index (Phi) is 4.34. The molecule has 0 aromatic heterocycles. The molecule has 6 heteroatoms. The van der Waals surface area contributed by atoms with Crippen molar-refractivity contribution in [1.29, 1.82) is 0 Å². The zero-order chi connectivity index (χ0) is 13.8. The monoisotopic (exact) mass is 267 g/mol. The molecule has 1 aromatic rings. The highest BCUT2D eigenvalue weighted by Gasteiger charge is 2.25. The SMILES string of the molecule is NCC(O)C(=O)N1CCN(c2ccc(F)cc2)CC1. The Balaban J connectivity index is 1.92. The molecule has 5 nitrogen and oxygen atoms in total. The van der Waals surface area contributed by atoms with Gasteiger partial charge in [-0.1, -0.05) is 0 Å². The summed E-state index contributed by atoms with van der Waals surface area (Å²) in [5.74, 6) is -0.579. The first-order valence-electron chi connectivity index (χ1n) is 6.29. The van der Waals surface area contributed by atoms with E-state index in [1.807, 2.05) is 0 Å². The summed E-state index contributed by atoms with van der Waals surface area (Å²) in [4.78, 5) is 15.4. The molecule has 1 fully saturated rings. The molecule has 1 heterocycles. The Morgan fingerprint density at radius 3 is 2.37 bits per heavy atom. The van der Waals surface area contributed by atoms with Gasteiger partial charge in [0.15, 0.2) is 0 Å². The summed E-state index contributed by atoms with van der Waals surface area (Å²) < 4.78 is 12.8. The maximum absolute atomic E-state index is 12.8. The van der Waals surface area contributed by atoms with Gasteiger partial charge in [-0.2, -0.15) is 0 Å². The average molecular weight is 267 g/mol. The van der Waals surface area contributed by atoms with E-state index in [0.717, 1.165) is 5.69 Å². The second kappa shape index (κ2) is 5.99. The van der Waals surface area contributed by atoms with Gasteiger partial charge in [0.1, 0.15) is 11.9 Å². The van der Waals surface area contributed by atoms with E-state index in [0.29, 0.717) is 26.2 Å². The van der Waals surface area contributed by atoms with Gasteiger partial charge in [-0.15, -0.1) is 0 Å². The second-order valence-electron chi connectivity index (χ2n) is 4.54. The van der Waals surface area contributed by atoms with Crippen LogP contribution in [-0.2, 0) is 4.79 Å². The average Bonchev–Trinajstić information content (AvgIpc) is 2.46. The maximum Gasteiger partial charge on any atom is 0.252 e. The third-order valence-corrected chi connectivity index (χ3v) is 3.29. The van der Waals surface area contributed by atoms with Crippen molar-refractivity contribution in [3.8, 4) is 0 Å². The molecule has 1 aliphatic heterocycles. The number of rotatable bonds is 3. The van der Waals surface area contributed by atoms with E-state index >= 15 is 0 Å². The molecule has 1 saturated heterocycles. The number of hydrogen-bond donors (Lipinski definition) is 2. The van der Waals surface area contributed by atoms with Crippen molar-refractivity contribution in [3.05, 3.63) is 30.1 Å². The van der Waals surface area contributed by atoms with Crippen LogP contribution < -0.4 is 10.6 Å². The largest absolute Gasteiger partial charge is 0.382 e. The molecule has 1 atom stereocenters. The number of anilines is 1. The van der Waals surface area contributed by atoms with Gasteiger partial charge in [-0.25, -0.2) is 4.39 Å². The van der Waals surface area contributed by atoms with Crippen LogP contribution in [0.2, 0.25) is 0 Å². The molecule has 3 N–H and O–H groups in total. The molecule has 2 rings (SSSR count). The number of hydrogen-bond acceptors (Lipinski definition) is 4. The van der Waals surface area contributed by atoms with E-state index in [2.05, 4.69) is 4.90 Å². The van der Waals surface area contributed by atoms with Crippen LogP contribution in [0, 0.1) is 5.82 Å². The van der Waals surface area contributed by atoms with Crippen molar-refractivity contribution >= 4 is 11.6 Å². The molecular weight excluding hydrogens is 249 g/mol. The Morgan fingerprint density at radius 2 is 1.84 bits per heavy atom. The summed E-state index contributed by atoms with van der Waals surface area (Å²) in [6.07, 6.45) is -1.11. The molecule has 0 spiro atoms. The molecule has 0 aliphatic carbocycles. The van der Waals surface area contributed by atoms with Gasteiger partial charge in [0, 0.05) is 38.4 Å². The van der Waals surface area contributed by atoms with Gasteiger partial charge < -0.3 is 20.6 Å². The lowest BCUT2D eigenvalue weighted by Crippen LogP contribution is -2.52. The fourth-order valence-corrected chi connectivity index (χ4v) is 2.15. The molecule has 1 amide bonds. The minimum Gasteiger partial charge on any atom is -0.382 e. The molecule has 0 radical (unpaired) electrons. The van der Waals surface area contributed by atoms with E-state index in [1.54, 1.807) is 17.0 Å². The lowest BCUT2D eigenvalue weighted by Gasteiger charge is -2.36. The number of nitrogens with zero attached hydrogens (tertiary/aromatic N) is 2. The maximum atomic E-state index is 12.8. The van der Waals surface area contributed by atoms with Crippen LogP contribution in [0.1, 0.15) is 0 Å². The highest BCUT2D eigenvalue weighted by Crippen LogP contribution is 2.17. The van der Waals surface area contributed by atoms with E-state index in [-0.39, 0.29) is 18.3 Å². The predicted molar refractivity (Wildman–Crippen MR) is 70.3 cm³/mol. The number of aliphatic hydroxyl groups excluding tert-OH is 1. The van der Waals surface area contributed by atoms with Gasteiger partial charge in [-0.05, 0) is 24.3 Å². The second-order valence-corrected chi connectivity index (χ2v) is 4.54. The van der Waals surface area contributed by atoms with Crippen LogP contribution in [0.5, 0.6) is 0 Å². The Hall–Kier alpha value is -1.66. The fraction of sp³-hybridized carbons (Fsp3) is 0.462. The van der Waals surface area contributed by atoms with Crippen molar-refractivity contribution in [3.63, 3.8) is 0 Å². The number of nitrogens with two attached hydrogens (primary N) is 1. The third kappa shape index (κ3) is 3.21. The summed E-state index contributed by atoms with van der Waals surface area (Å²) in [7, 11) is 0. The van der Waals surface area contributed by atoms with Gasteiger partial charge in [0.25, 0.3) is 5.91 Å². The smallest absolute Gasteiger partial charge is 0.252 e. The molecule has 0 saturated carbocycles. The first kappa shape index (κ1) is 13.8. The summed E-state index contributed by atoms with van der Waals surface area (Å²) in [5.41, 5.74) is 6.21. The standard InChI is InChI=1S/C13H18FN3O2/c14-10-1-3-11(4-2-10)16-5-7-17(8-6-16)13(19)12(18)9-15/h1-4,12,18H,5-9,15H2. The number of halogens is 1. The number of amides is 1. The quantitative estimate of drug-likeness (QED) is 0.795. The van der Waals surface area contributed by atoms with Crippen molar-refractivity contribution in [1.82, 2.24) is 4.90 Å². The van der Waals surface area contributed by atoms with Crippen LogP contribution >= 0.6 is 0 Å². The minimum atomic E-state index is -1.11. The molecular formula is C13H18FN3O2. The van der Waals surface area contributed by atoms with Crippen molar-refractivity contribution in [2.75, 3.05) is 37.6 Å².